The number of hydrogen-bond acceptors (Lipinski definition) is 4. The van der Waals surface area contributed by atoms with E-state index in [-0.39, 0.29) is 30.4 Å². The van der Waals surface area contributed by atoms with Crippen LogP contribution in [0.25, 0.3) is 0 Å². The third-order valence-electron chi connectivity index (χ3n) is 7.26. The molecule has 8 nitrogen and oxygen atoms in total. The van der Waals surface area contributed by atoms with Crippen molar-refractivity contribution in [2.24, 2.45) is 0 Å². The van der Waals surface area contributed by atoms with Crippen LogP contribution in [0.3, 0.4) is 0 Å². The monoisotopic (exact) mass is 498 g/mol. The quantitative estimate of drug-likeness (QED) is 0.592. The van der Waals surface area contributed by atoms with Crippen LogP contribution in [0.1, 0.15) is 42.4 Å². The van der Waals surface area contributed by atoms with E-state index >= 15 is 0 Å². The van der Waals surface area contributed by atoms with Crippen LogP contribution in [0.2, 0.25) is 0 Å². The molecule has 0 aromatic heterocycles. The first-order chi connectivity index (χ1) is 17.1. The zero-order chi connectivity index (χ0) is 25.6. The number of carbonyl (C=O) groups is 3. The number of rotatable bonds is 5. The second kappa shape index (κ2) is 9.07. The Hall–Kier alpha value is -3.69. The number of fused-ring (bicyclic) bond motifs is 2. The number of nitrogens with one attached hydrogen (secondary N) is 2. The highest BCUT2D eigenvalue weighted by Crippen LogP contribution is 2.44. The lowest BCUT2D eigenvalue weighted by Crippen LogP contribution is -2.60. The van der Waals surface area contributed by atoms with Crippen molar-refractivity contribution in [3.05, 3.63) is 59.2 Å². The smallest absolute Gasteiger partial charge is 0.387 e. The van der Waals surface area contributed by atoms with Gasteiger partial charge >= 0.3 is 18.7 Å². The molecule has 3 aliphatic rings. The van der Waals surface area contributed by atoms with Crippen LogP contribution in [0.4, 0.5) is 24.1 Å². The number of hydrogen-bond donors (Lipinski definition) is 2. The Morgan fingerprint density at radius 2 is 1.75 bits per heavy atom. The fraction of sp³-hybridized carbons (Fsp3) is 0.423. The first-order valence-electron chi connectivity index (χ1n) is 12.0. The summed E-state index contributed by atoms with van der Waals surface area (Å²) in [7, 11) is 0. The third kappa shape index (κ3) is 4.36. The molecule has 0 saturated carbocycles. The first kappa shape index (κ1) is 24.0. The lowest BCUT2D eigenvalue weighted by Gasteiger charge is -2.43. The third-order valence-corrected chi connectivity index (χ3v) is 7.26. The number of anilines is 1. The van der Waals surface area contributed by atoms with Gasteiger partial charge in [0.05, 0.1) is 6.54 Å². The van der Waals surface area contributed by atoms with Gasteiger partial charge in [0.15, 0.2) is 0 Å². The summed E-state index contributed by atoms with van der Waals surface area (Å²) in [5, 5.41) is 5.85. The number of benzene rings is 2. The van der Waals surface area contributed by atoms with E-state index in [0.717, 1.165) is 34.6 Å². The van der Waals surface area contributed by atoms with E-state index < -0.39 is 24.1 Å². The molecule has 2 N–H and O–H groups in total. The molecule has 3 atom stereocenters. The fourth-order valence-electron chi connectivity index (χ4n) is 5.93. The molecular weight excluding hydrogens is 470 g/mol. The minimum absolute atomic E-state index is 0.0769. The predicted octanol–water partition coefficient (Wildman–Crippen LogP) is 4.55. The van der Waals surface area contributed by atoms with Crippen molar-refractivity contribution in [3.63, 3.8) is 0 Å². The average Bonchev–Trinajstić information content (AvgIpc) is 3.19. The van der Waals surface area contributed by atoms with Crippen LogP contribution in [0.15, 0.2) is 42.5 Å². The number of alkyl halides is 2. The Kier molecular flexibility index (Phi) is 6.05. The minimum Gasteiger partial charge on any atom is -0.434 e. The van der Waals surface area contributed by atoms with Gasteiger partial charge < -0.3 is 20.3 Å². The molecule has 190 valence electrons. The summed E-state index contributed by atoms with van der Waals surface area (Å²) < 4.78 is 30.2. The topological polar surface area (TPSA) is 91.0 Å². The number of amides is 5. The maximum absolute atomic E-state index is 13.5. The molecule has 0 aliphatic carbocycles. The summed E-state index contributed by atoms with van der Waals surface area (Å²) >= 11 is 0. The molecule has 2 aromatic carbocycles. The van der Waals surface area contributed by atoms with Crippen LogP contribution in [0, 0.1) is 13.8 Å². The molecule has 5 amide bonds. The van der Waals surface area contributed by atoms with Gasteiger partial charge in [-0.2, -0.15) is 8.78 Å². The zero-order valence-corrected chi connectivity index (χ0v) is 20.1. The molecule has 0 radical (unpaired) electrons. The summed E-state index contributed by atoms with van der Waals surface area (Å²) in [4.78, 5) is 42.4. The molecule has 3 saturated heterocycles. The highest BCUT2D eigenvalue weighted by Gasteiger charge is 2.59. The number of piperidine rings is 1. The Morgan fingerprint density at radius 3 is 2.39 bits per heavy atom. The molecule has 10 heteroatoms. The zero-order valence-electron chi connectivity index (χ0n) is 20.1. The van der Waals surface area contributed by atoms with Gasteiger partial charge in [-0.3, -0.25) is 9.69 Å². The van der Waals surface area contributed by atoms with Gasteiger partial charge in [0.1, 0.15) is 11.3 Å². The second-order valence-corrected chi connectivity index (χ2v) is 9.90. The fourth-order valence-corrected chi connectivity index (χ4v) is 5.93. The molecule has 3 fully saturated rings. The number of nitrogens with zero attached hydrogens (tertiary/aromatic N) is 2. The lowest BCUT2D eigenvalue weighted by molar-refractivity contribution is -0.134. The number of aryl methyl sites for hydroxylation is 2. The molecule has 36 heavy (non-hydrogen) atoms. The predicted molar refractivity (Wildman–Crippen MR) is 128 cm³/mol. The van der Waals surface area contributed by atoms with Gasteiger partial charge in [-0.1, -0.05) is 24.3 Å². The van der Waals surface area contributed by atoms with Crippen LogP contribution < -0.4 is 15.4 Å². The maximum Gasteiger partial charge on any atom is 0.387 e. The molecule has 3 aliphatic heterocycles. The van der Waals surface area contributed by atoms with Crippen LogP contribution in [-0.2, 0) is 11.3 Å². The van der Waals surface area contributed by atoms with Crippen LogP contribution in [-0.4, -0.2) is 52.0 Å². The van der Waals surface area contributed by atoms with Crippen molar-refractivity contribution in [1.82, 2.24) is 15.1 Å². The number of halogens is 2. The summed E-state index contributed by atoms with van der Waals surface area (Å²) in [6.45, 7) is 0.738. The van der Waals surface area contributed by atoms with Gasteiger partial charge in [-0.25, -0.2) is 9.59 Å². The lowest BCUT2D eigenvalue weighted by atomic mass is 9.82. The van der Waals surface area contributed by atoms with Crippen molar-refractivity contribution in [2.45, 2.75) is 70.3 Å². The van der Waals surface area contributed by atoms with Gasteiger partial charge in [-0.05, 0) is 56.0 Å². The van der Waals surface area contributed by atoms with Crippen LogP contribution in [0.5, 0.6) is 5.75 Å². The van der Waals surface area contributed by atoms with E-state index in [1.807, 2.05) is 32.0 Å². The summed E-state index contributed by atoms with van der Waals surface area (Å²) in [6, 6.07) is 10.8. The van der Waals surface area contributed by atoms with E-state index in [0.29, 0.717) is 18.4 Å². The molecule has 5 rings (SSSR count). The summed E-state index contributed by atoms with van der Waals surface area (Å²) in [5.74, 6) is -0.474. The van der Waals surface area contributed by atoms with E-state index in [1.165, 1.54) is 6.07 Å². The number of ether oxygens (including phenoxy) is 1. The molecule has 2 aromatic rings. The highest BCUT2D eigenvalue weighted by molar-refractivity contribution is 6.07. The Balaban J connectivity index is 1.31. The van der Waals surface area contributed by atoms with E-state index in [9.17, 15) is 23.2 Å². The summed E-state index contributed by atoms with van der Waals surface area (Å²) in [6.07, 6.45) is 2.09. The Labute approximate surface area is 207 Å². The molecule has 1 unspecified atom stereocenters. The average molecular weight is 499 g/mol. The SMILES string of the molecule is Cc1cc(C)cc(NC(=O)N2[C@@H]3CC[C@H]2CC2(C3)NC(=O)N(Cc3ccccc3OC(F)F)C2=O)c1. The molecule has 2 bridgehead atoms. The first-order valence-corrected chi connectivity index (χ1v) is 12.0. The van der Waals surface area contributed by atoms with Gasteiger partial charge in [-0.15, -0.1) is 0 Å². The van der Waals surface area contributed by atoms with Crippen LogP contribution >= 0.6 is 0 Å². The van der Waals surface area contributed by atoms with Crippen molar-refractivity contribution in [2.75, 3.05) is 5.32 Å². The van der Waals surface area contributed by atoms with E-state index in [1.54, 1.807) is 23.1 Å². The van der Waals surface area contributed by atoms with Crippen molar-refractivity contribution < 1.29 is 27.9 Å². The van der Waals surface area contributed by atoms with Gasteiger partial charge in [0, 0.05) is 36.2 Å². The van der Waals surface area contributed by atoms with Gasteiger partial charge in [0.2, 0.25) is 0 Å². The van der Waals surface area contributed by atoms with E-state index in [2.05, 4.69) is 15.4 Å². The van der Waals surface area contributed by atoms with Crippen molar-refractivity contribution in [1.29, 1.82) is 0 Å². The molecular formula is C26H28F2N4O4. The number of para-hydroxylation sites is 1. The normalized spacial score (nSPS) is 25.0. The number of urea groups is 2. The van der Waals surface area contributed by atoms with E-state index in [4.69, 9.17) is 0 Å². The Morgan fingerprint density at radius 1 is 1.11 bits per heavy atom. The minimum atomic E-state index is -3.02. The maximum atomic E-state index is 13.5. The van der Waals surface area contributed by atoms with Crippen molar-refractivity contribution in [3.8, 4) is 5.75 Å². The second-order valence-electron chi connectivity index (χ2n) is 9.90. The Bertz CT molecular complexity index is 1190. The number of imide groups is 1. The molecule has 3 heterocycles. The highest BCUT2D eigenvalue weighted by atomic mass is 19.3. The van der Waals surface area contributed by atoms with Crippen molar-refractivity contribution >= 4 is 23.7 Å². The summed E-state index contributed by atoms with van der Waals surface area (Å²) in [5.41, 5.74) is 2.01. The standard InChI is InChI=1S/C26H28F2N4O4/c1-15-9-16(2)11-18(10-15)29-24(34)32-19-7-8-20(32)13-26(12-19)22(33)31(25(35)30-26)14-17-5-3-4-6-21(17)36-23(27)28/h3-6,9-11,19-20,23H,7-8,12-14H2,1-2H3,(H,29,34)(H,30,35)/t19-,20+,26?. The van der Waals surface area contributed by atoms with Gasteiger partial charge in [0.25, 0.3) is 5.91 Å². The largest absolute Gasteiger partial charge is 0.434 e. The molecule has 1 spiro atoms. The number of carbonyl (C=O) groups excluding carboxylic acids is 3.